The van der Waals surface area contributed by atoms with Crippen LogP contribution in [0.3, 0.4) is 0 Å². The van der Waals surface area contributed by atoms with Gasteiger partial charge in [-0.05, 0) is 18.6 Å². The molecule has 2 N–H and O–H groups in total. The van der Waals surface area contributed by atoms with Crippen LogP contribution in [0.5, 0.6) is 5.75 Å². The third kappa shape index (κ3) is 2.02. The highest BCUT2D eigenvalue weighted by atomic mass is 32.1. The second-order valence-corrected chi connectivity index (χ2v) is 4.52. The molecule has 0 bridgehead atoms. The molecule has 2 aromatic rings. The number of ether oxygens (including phenoxy) is 1. The molecular formula is C12H14N2OS. The Kier molecular flexibility index (Phi) is 3.10. The van der Waals surface area contributed by atoms with E-state index in [1.54, 1.807) is 18.4 Å². The first-order valence-corrected chi connectivity index (χ1v) is 5.96. The lowest BCUT2D eigenvalue weighted by Gasteiger charge is -2.02. The summed E-state index contributed by atoms with van der Waals surface area (Å²) in [6.07, 6.45) is 0.916. The minimum Gasteiger partial charge on any atom is -0.497 e. The van der Waals surface area contributed by atoms with E-state index in [1.165, 1.54) is 0 Å². The molecular weight excluding hydrogens is 220 g/mol. The summed E-state index contributed by atoms with van der Waals surface area (Å²) in [6, 6.07) is 7.80. The van der Waals surface area contributed by atoms with Gasteiger partial charge in [-0.25, -0.2) is 4.98 Å². The first-order valence-electron chi connectivity index (χ1n) is 5.14. The topological polar surface area (TPSA) is 48.1 Å². The lowest BCUT2D eigenvalue weighted by molar-refractivity contribution is 0.415. The van der Waals surface area contributed by atoms with E-state index in [1.807, 2.05) is 24.3 Å². The van der Waals surface area contributed by atoms with E-state index in [0.29, 0.717) is 0 Å². The molecule has 0 saturated heterocycles. The molecule has 0 atom stereocenters. The highest BCUT2D eigenvalue weighted by Crippen LogP contribution is 2.32. The number of nitrogens with zero attached hydrogens (tertiary/aromatic N) is 1. The van der Waals surface area contributed by atoms with Crippen LogP contribution < -0.4 is 10.5 Å². The molecule has 84 valence electrons. The van der Waals surface area contributed by atoms with Gasteiger partial charge in [0, 0.05) is 5.56 Å². The summed E-state index contributed by atoms with van der Waals surface area (Å²) in [4.78, 5) is 4.51. The van der Waals surface area contributed by atoms with Crippen molar-refractivity contribution in [3.8, 4) is 17.0 Å². The number of nitrogens with two attached hydrogens (primary N) is 1. The van der Waals surface area contributed by atoms with Crippen LogP contribution in [0.2, 0.25) is 0 Å². The number of nitrogen functional groups attached to an aromatic ring is 1. The van der Waals surface area contributed by atoms with Crippen LogP contribution in [0.1, 0.15) is 11.9 Å². The lowest BCUT2D eigenvalue weighted by Crippen LogP contribution is -1.88. The van der Waals surface area contributed by atoms with E-state index in [9.17, 15) is 0 Å². The van der Waals surface area contributed by atoms with Crippen LogP contribution >= 0.6 is 11.3 Å². The van der Waals surface area contributed by atoms with Crippen LogP contribution in [0.25, 0.3) is 11.3 Å². The lowest BCUT2D eigenvalue weighted by atomic mass is 10.1. The molecule has 2 rings (SSSR count). The molecule has 0 aliphatic heterocycles. The van der Waals surface area contributed by atoms with E-state index in [0.717, 1.165) is 33.4 Å². The van der Waals surface area contributed by atoms with Gasteiger partial charge in [0.05, 0.1) is 12.1 Å². The third-order valence-electron chi connectivity index (χ3n) is 2.34. The number of benzene rings is 1. The van der Waals surface area contributed by atoms with Crippen LogP contribution in [-0.2, 0) is 6.42 Å². The predicted molar refractivity (Wildman–Crippen MR) is 67.9 cm³/mol. The standard InChI is InChI=1S/C12H14N2OS/c1-3-10-14-11(12(13)16-10)8-5-4-6-9(7-8)15-2/h4-7H,3,13H2,1-2H3. The summed E-state index contributed by atoms with van der Waals surface area (Å²) >= 11 is 1.55. The molecule has 4 heteroatoms. The van der Waals surface area contributed by atoms with Crippen LogP contribution in [0.15, 0.2) is 24.3 Å². The highest BCUT2D eigenvalue weighted by Gasteiger charge is 2.09. The normalized spacial score (nSPS) is 10.4. The average molecular weight is 234 g/mol. The number of hydrogen-bond acceptors (Lipinski definition) is 4. The van der Waals surface area contributed by atoms with Crippen molar-refractivity contribution < 1.29 is 4.74 Å². The monoisotopic (exact) mass is 234 g/mol. The van der Waals surface area contributed by atoms with E-state index in [-0.39, 0.29) is 0 Å². The van der Waals surface area contributed by atoms with Crippen LogP contribution in [0.4, 0.5) is 5.00 Å². The van der Waals surface area contributed by atoms with Gasteiger partial charge in [-0.1, -0.05) is 19.1 Å². The Morgan fingerprint density at radius 3 is 2.88 bits per heavy atom. The zero-order valence-corrected chi connectivity index (χ0v) is 10.2. The maximum absolute atomic E-state index is 5.96. The van der Waals surface area contributed by atoms with Gasteiger partial charge < -0.3 is 10.5 Å². The number of anilines is 1. The quantitative estimate of drug-likeness (QED) is 0.888. The minimum atomic E-state index is 0.769. The summed E-state index contributed by atoms with van der Waals surface area (Å²) in [5, 5.41) is 1.83. The van der Waals surface area contributed by atoms with Gasteiger partial charge in [0.2, 0.25) is 0 Å². The number of aromatic nitrogens is 1. The molecule has 16 heavy (non-hydrogen) atoms. The predicted octanol–water partition coefficient (Wildman–Crippen LogP) is 2.96. The maximum Gasteiger partial charge on any atom is 0.119 e. The molecule has 0 saturated carbocycles. The van der Waals surface area contributed by atoms with Gasteiger partial charge in [0.1, 0.15) is 16.4 Å². The van der Waals surface area contributed by atoms with Gasteiger partial charge in [0.25, 0.3) is 0 Å². The van der Waals surface area contributed by atoms with Crippen LogP contribution in [-0.4, -0.2) is 12.1 Å². The van der Waals surface area contributed by atoms with Crippen molar-refractivity contribution in [3.63, 3.8) is 0 Å². The SMILES string of the molecule is CCc1nc(-c2cccc(OC)c2)c(N)s1. The Morgan fingerprint density at radius 2 is 2.25 bits per heavy atom. The van der Waals surface area contributed by atoms with Gasteiger partial charge in [0.15, 0.2) is 0 Å². The zero-order chi connectivity index (χ0) is 11.5. The Morgan fingerprint density at radius 1 is 1.44 bits per heavy atom. The number of aryl methyl sites for hydroxylation is 1. The number of thiazole rings is 1. The van der Waals surface area contributed by atoms with Gasteiger partial charge in [-0.3, -0.25) is 0 Å². The molecule has 0 fully saturated rings. The zero-order valence-electron chi connectivity index (χ0n) is 9.36. The fourth-order valence-corrected chi connectivity index (χ4v) is 2.30. The molecule has 1 aromatic carbocycles. The molecule has 1 heterocycles. The Balaban J connectivity index is 2.45. The molecule has 0 radical (unpaired) electrons. The van der Waals surface area contributed by atoms with Gasteiger partial charge in [-0.2, -0.15) is 0 Å². The van der Waals surface area contributed by atoms with E-state index < -0.39 is 0 Å². The maximum atomic E-state index is 5.96. The molecule has 0 aliphatic rings. The van der Waals surface area contributed by atoms with Gasteiger partial charge >= 0.3 is 0 Å². The first kappa shape index (κ1) is 11.0. The number of hydrogen-bond donors (Lipinski definition) is 1. The van der Waals surface area contributed by atoms with Crippen LogP contribution in [0, 0.1) is 0 Å². The van der Waals surface area contributed by atoms with Crippen molar-refractivity contribution in [1.29, 1.82) is 0 Å². The number of rotatable bonds is 3. The molecule has 3 nitrogen and oxygen atoms in total. The summed E-state index contributed by atoms with van der Waals surface area (Å²) < 4.78 is 5.18. The Bertz CT molecular complexity index is 494. The van der Waals surface area contributed by atoms with Crippen molar-refractivity contribution in [3.05, 3.63) is 29.3 Å². The van der Waals surface area contributed by atoms with E-state index >= 15 is 0 Å². The first-order chi connectivity index (χ1) is 7.74. The summed E-state index contributed by atoms with van der Waals surface area (Å²) in [5.74, 6) is 0.822. The molecule has 0 unspecified atom stereocenters. The largest absolute Gasteiger partial charge is 0.497 e. The summed E-state index contributed by atoms with van der Waals surface area (Å²) in [5.41, 5.74) is 7.82. The fourth-order valence-electron chi connectivity index (χ4n) is 1.51. The molecule has 0 amide bonds. The number of methoxy groups -OCH3 is 1. The highest BCUT2D eigenvalue weighted by molar-refractivity contribution is 7.16. The van der Waals surface area contributed by atoms with Crippen molar-refractivity contribution in [2.24, 2.45) is 0 Å². The van der Waals surface area contributed by atoms with Crippen molar-refractivity contribution in [2.45, 2.75) is 13.3 Å². The van der Waals surface area contributed by atoms with Crippen molar-refractivity contribution in [1.82, 2.24) is 4.98 Å². The second-order valence-electron chi connectivity index (χ2n) is 3.41. The molecule has 1 aromatic heterocycles. The molecule has 0 spiro atoms. The van der Waals surface area contributed by atoms with E-state index in [4.69, 9.17) is 10.5 Å². The van der Waals surface area contributed by atoms with Crippen molar-refractivity contribution in [2.75, 3.05) is 12.8 Å². The average Bonchev–Trinajstić information content (AvgIpc) is 2.71. The Hall–Kier alpha value is -1.55. The summed E-state index contributed by atoms with van der Waals surface area (Å²) in [6.45, 7) is 2.08. The van der Waals surface area contributed by atoms with E-state index in [2.05, 4.69) is 11.9 Å². The smallest absolute Gasteiger partial charge is 0.119 e. The second kappa shape index (κ2) is 4.53. The van der Waals surface area contributed by atoms with Crippen molar-refractivity contribution >= 4 is 16.3 Å². The fraction of sp³-hybridized carbons (Fsp3) is 0.250. The minimum absolute atomic E-state index is 0.769. The van der Waals surface area contributed by atoms with Gasteiger partial charge in [-0.15, -0.1) is 11.3 Å². The third-order valence-corrected chi connectivity index (χ3v) is 3.37. The Labute approximate surface area is 98.9 Å². The summed E-state index contributed by atoms with van der Waals surface area (Å²) in [7, 11) is 1.65. The molecule has 0 aliphatic carbocycles.